The number of anilines is 2. The number of amides is 2. The Balaban J connectivity index is 1.14. The van der Waals surface area contributed by atoms with E-state index < -0.39 is 11.9 Å². The number of carboxylic acid groups (broad SMARTS) is 1. The third-order valence-corrected chi connectivity index (χ3v) is 8.71. The minimum absolute atomic E-state index is 0.0813. The van der Waals surface area contributed by atoms with E-state index in [1.807, 2.05) is 59.6 Å². The van der Waals surface area contributed by atoms with Crippen molar-refractivity contribution in [2.24, 2.45) is 0 Å². The lowest BCUT2D eigenvalue weighted by Gasteiger charge is -2.36. The Morgan fingerprint density at radius 3 is 2.67 bits per heavy atom. The first-order valence-electron chi connectivity index (χ1n) is 16.5. The molecule has 0 radical (unpaired) electrons. The van der Waals surface area contributed by atoms with E-state index in [-0.39, 0.29) is 30.0 Å². The molecule has 4 aromatic rings. The highest BCUT2D eigenvalue weighted by molar-refractivity contribution is 5.79. The SMILES string of the molecule is N#CCC(=O)N1CCC[C@@H](Nc2nc(-c3cnn4ccccc34)nc(N3CCN(Cc4ccc(OCCCNC(=O)O)cc4)CC3)c2F)C1. The number of pyridine rings is 1. The van der Waals surface area contributed by atoms with Gasteiger partial charge in [0.25, 0.3) is 0 Å². The first-order valence-corrected chi connectivity index (χ1v) is 16.5. The van der Waals surface area contributed by atoms with Gasteiger partial charge in [-0.15, -0.1) is 0 Å². The number of nitrogens with zero attached hydrogens (tertiary/aromatic N) is 8. The van der Waals surface area contributed by atoms with Crippen LogP contribution < -0.4 is 20.3 Å². The van der Waals surface area contributed by atoms with Crippen molar-refractivity contribution in [3.63, 3.8) is 0 Å². The lowest BCUT2D eigenvalue weighted by molar-refractivity contribution is -0.131. The summed E-state index contributed by atoms with van der Waals surface area (Å²) in [7, 11) is 0. The third kappa shape index (κ3) is 8.33. The van der Waals surface area contributed by atoms with E-state index in [2.05, 4.69) is 25.6 Å². The van der Waals surface area contributed by atoms with Gasteiger partial charge >= 0.3 is 6.09 Å². The van der Waals surface area contributed by atoms with Gasteiger partial charge in [0.2, 0.25) is 11.7 Å². The molecule has 2 aliphatic rings. The number of hydrogen-bond donors (Lipinski definition) is 3. The molecule has 15 heteroatoms. The summed E-state index contributed by atoms with van der Waals surface area (Å²) in [5, 5.41) is 27.7. The maximum atomic E-state index is 16.3. The van der Waals surface area contributed by atoms with Crippen molar-refractivity contribution < 1.29 is 23.8 Å². The monoisotopic (exact) mass is 670 g/mol. The molecule has 0 spiro atoms. The molecule has 49 heavy (non-hydrogen) atoms. The zero-order valence-corrected chi connectivity index (χ0v) is 27.1. The normalized spacial score (nSPS) is 16.7. The number of nitriles is 1. The number of likely N-dealkylation sites (tertiary alicyclic amines) is 1. The highest BCUT2D eigenvalue weighted by Gasteiger charge is 2.29. The molecule has 5 heterocycles. The van der Waals surface area contributed by atoms with Gasteiger partial charge in [0.05, 0.1) is 30.0 Å². The van der Waals surface area contributed by atoms with E-state index in [1.165, 1.54) is 0 Å². The van der Waals surface area contributed by atoms with Crippen molar-refractivity contribution in [3.8, 4) is 23.2 Å². The van der Waals surface area contributed by atoms with Gasteiger partial charge in [-0.2, -0.15) is 14.8 Å². The van der Waals surface area contributed by atoms with Crippen LogP contribution in [0.3, 0.4) is 0 Å². The van der Waals surface area contributed by atoms with Gasteiger partial charge in [0, 0.05) is 64.6 Å². The van der Waals surface area contributed by atoms with Crippen LogP contribution in [0.25, 0.3) is 16.9 Å². The average Bonchev–Trinajstić information content (AvgIpc) is 3.55. The highest BCUT2D eigenvalue weighted by Crippen LogP contribution is 2.31. The first kappa shape index (κ1) is 33.4. The lowest BCUT2D eigenvalue weighted by atomic mass is 10.1. The zero-order chi connectivity index (χ0) is 34.2. The molecule has 2 aliphatic heterocycles. The Labute approximate surface area is 283 Å². The second-order valence-corrected chi connectivity index (χ2v) is 12.1. The van der Waals surface area contributed by atoms with E-state index in [4.69, 9.17) is 20.1 Å². The van der Waals surface area contributed by atoms with Crippen LogP contribution in [-0.2, 0) is 11.3 Å². The minimum atomic E-state index is -1.04. The van der Waals surface area contributed by atoms with Gasteiger partial charge in [-0.25, -0.2) is 19.3 Å². The number of benzene rings is 1. The maximum Gasteiger partial charge on any atom is 0.404 e. The number of halogens is 1. The average molecular weight is 671 g/mol. The van der Waals surface area contributed by atoms with E-state index in [0.717, 1.165) is 36.2 Å². The number of nitrogens with one attached hydrogen (secondary N) is 2. The van der Waals surface area contributed by atoms with Gasteiger partial charge < -0.3 is 30.3 Å². The Bertz CT molecular complexity index is 1800. The van der Waals surface area contributed by atoms with Crippen molar-refractivity contribution in [2.75, 3.05) is 62.6 Å². The number of carbonyl (C=O) groups is 2. The van der Waals surface area contributed by atoms with Crippen LogP contribution in [0.5, 0.6) is 5.75 Å². The molecule has 2 saturated heterocycles. The van der Waals surface area contributed by atoms with E-state index >= 15 is 4.39 Å². The fourth-order valence-electron chi connectivity index (χ4n) is 6.19. The molecular formula is C34H39FN10O4. The summed E-state index contributed by atoms with van der Waals surface area (Å²) in [6.07, 6.45) is 4.34. The fourth-order valence-corrected chi connectivity index (χ4v) is 6.19. The predicted molar refractivity (Wildman–Crippen MR) is 180 cm³/mol. The first-order chi connectivity index (χ1) is 23.9. The maximum absolute atomic E-state index is 16.3. The molecule has 3 N–H and O–H groups in total. The molecule has 2 amide bonds. The largest absolute Gasteiger partial charge is 0.494 e. The van der Waals surface area contributed by atoms with Gasteiger partial charge in [-0.3, -0.25) is 9.69 Å². The van der Waals surface area contributed by atoms with Crippen LogP contribution in [0, 0.1) is 17.1 Å². The summed E-state index contributed by atoms with van der Waals surface area (Å²) in [6, 6.07) is 15.2. The molecule has 1 atom stereocenters. The molecule has 0 aliphatic carbocycles. The van der Waals surface area contributed by atoms with Crippen LogP contribution in [0.4, 0.5) is 20.8 Å². The molecule has 0 unspecified atom stereocenters. The van der Waals surface area contributed by atoms with Crippen LogP contribution >= 0.6 is 0 Å². The second kappa shape index (κ2) is 15.6. The van der Waals surface area contributed by atoms with Gasteiger partial charge in [-0.05, 0) is 49.1 Å². The summed E-state index contributed by atoms with van der Waals surface area (Å²) in [4.78, 5) is 38.3. The van der Waals surface area contributed by atoms with Crippen LogP contribution in [0.1, 0.15) is 31.2 Å². The van der Waals surface area contributed by atoms with Gasteiger partial charge in [0.15, 0.2) is 17.5 Å². The van der Waals surface area contributed by atoms with Crippen molar-refractivity contribution in [1.29, 1.82) is 5.26 Å². The summed E-state index contributed by atoms with van der Waals surface area (Å²) < 4.78 is 23.8. The third-order valence-electron chi connectivity index (χ3n) is 8.71. The Kier molecular flexibility index (Phi) is 10.6. The molecule has 1 aromatic carbocycles. The Hall–Kier alpha value is -5.49. The van der Waals surface area contributed by atoms with Crippen LogP contribution in [0.15, 0.2) is 54.9 Å². The molecule has 256 valence electrons. The molecule has 0 bridgehead atoms. The Morgan fingerprint density at radius 2 is 1.90 bits per heavy atom. The van der Waals surface area contributed by atoms with E-state index in [9.17, 15) is 9.59 Å². The smallest absolute Gasteiger partial charge is 0.404 e. The van der Waals surface area contributed by atoms with Crippen molar-refractivity contribution in [3.05, 3.63) is 66.2 Å². The molecule has 0 saturated carbocycles. The van der Waals surface area contributed by atoms with Gasteiger partial charge in [-0.1, -0.05) is 18.2 Å². The van der Waals surface area contributed by atoms with Crippen molar-refractivity contribution in [2.45, 2.75) is 38.3 Å². The number of hydrogen-bond acceptors (Lipinski definition) is 10. The molecular weight excluding hydrogens is 631 g/mol. The number of carbonyl (C=O) groups excluding carboxylic acids is 1. The predicted octanol–water partition coefficient (Wildman–Crippen LogP) is 3.61. The standard InChI is InChI=1S/C34H39FN10O4/c35-30-32(39-25-5-3-14-44(23-25)29(46)11-12-36)40-31(27-21-38-45-15-2-1-6-28(27)45)41-33(30)43-18-16-42(17-19-43)22-24-7-9-26(10-8-24)49-20-4-13-37-34(47)48/h1-2,6-10,15,21,25,37H,3-5,11,13-14,16-20,22-23H2,(H,47,48)(H,39,40,41)/t25-/m1/s1. The summed E-state index contributed by atoms with van der Waals surface area (Å²) in [5.74, 6) is 0.618. The summed E-state index contributed by atoms with van der Waals surface area (Å²) >= 11 is 0. The van der Waals surface area contributed by atoms with Crippen molar-refractivity contribution >= 4 is 29.2 Å². The van der Waals surface area contributed by atoms with E-state index in [1.54, 1.807) is 15.6 Å². The zero-order valence-electron chi connectivity index (χ0n) is 27.1. The van der Waals surface area contributed by atoms with Crippen molar-refractivity contribution in [1.82, 2.24) is 34.7 Å². The summed E-state index contributed by atoms with van der Waals surface area (Å²) in [5.41, 5.74) is 2.61. The van der Waals surface area contributed by atoms with E-state index in [0.29, 0.717) is 70.2 Å². The number of ether oxygens (including phenoxy) is 1. The number of fused-ring (bicyclic) bond motifs is 1. The van der Waals surface area contributed by atoms with Gasteiger partial charge in [0.1, 0.15) is 12.2 Å². The molecule has 6 rings (SSSR count). The number of aromatic nitrogens is 4. The quantitative estimate of drug-likeness (QED) is 0.189. The summed E-state index contributed by atoms with van der Waals surface area (Å²) in [6.45, 7) is 4.94. The molecule has 2 fully saturated rings. The molecule has 14 nitrogen and oxygen atoms in total. The number of rotatable bonds is 12. The fraction of sp³-hybridized carbons (Fsp3) is 0.412. The van der Waals surface area contributed by atoms with Crippen LogP contribution in [0.2, 0.25) is 0 Å². The number of piperazine rings is 1. The lowest BCUT2D eigenvalue weighted by Crippen LogP contribution is -2.47. The van der Waals surface area contributed by atoms with Crippen LogP contribution in [-0.4, -0.2) is 105 Å². The number of piperidine rings is 1. The minimum Gasteiger partial charge on any atom is -0.494 e. The molecule has 3 aromatic heterocycles. The Morgan fingerprint density at radius 1 is 1.08 bits per heavy atom. The second-order valence-electron chi connectivity index (χ2n) is 12.1. The highest BCUT2D eigenvalue weighted by atomic mass is 19.1. The topological polar surface area (TPSA) is 164 Å².